The van der Waals surface area contributed by atoms with E-state index in [2.05, 4.69) is 25.6 Å². The topological polar surface area (TPSA) is 144 Å². The summed E-state index contributed by atoms with van der Waals surface area (Å²) in [7, 11) is 1.83. The van der Waals surface area contributed by atoms with Crippen LogP contribution >= 0.6 is 0 Å². The molecule has 0 bridgehead atoms. The SMILES string of the molecule is CNC/C=C/C(=O)N1CC[C@@H](n2nc(-c3ccc(C(=O)Nc4cc(C)ccn4)cc3)c3c(N)ncnc32)C1. The molecule has 11 nitrogen and oxygen atoms in total. The van der Waals surface area contributed by atoms with Crippen LogP contribution in [0, 0.1) is 6.92 Å². The summed E-state index contributed by atoms with van der Waals surface area (Å²) in [4.78, 5) is 39.9. The first-order valence-corrected chi connectivity index (χ1v) is 12.4. The predicted octanol–water partition coefficient (Wildman–Crippen LogP) is 2.58. The van der Waals surface area contributed by atoms with E-state index < -0.39 is 0 Å². The molecule has 194 valence electrons. The van der Waals surface area contributed by atoms with Crippen molar-refractivity contribution in [2.24, 2.45) is 0 Å². The third-order valence-corrected chi connectivity index (χ3v) is 6.50. The number of benzene rings is 1. The number of aryl methyl sites for hydroxylation is 1. The number of likely N-dealkylation sites (tertiary alicyclic amines) is 1. The maximum Gasteiger partial charge on any atom is 0.256 e. The van der Waals surface area contributed by atoms with Crippen LogP contribution in [0.4, 0.5) is 11.6 Å². The van der Waals surface area contributed by atoms with Gasteiger partial charge in [0.15, 0.2) is 5.65 Å². The molecule has 38 heavy (non-hydrogen) atoms. The molecule has 1 aliphatic rings. The first kappa shape index (κ1) is 25.0. The Balaban J connectivity index is 1.40. The highest BCUT2D eigenvalue weighted by Crippen LogP contribution is 2.34. The molecule has 4 N–H and O–H groups in total. The lowest BCUT2D eigenvalue weighted by molar-refractivity contribution is -0.125. The normalized spacial score (nSPS) is 15.4. The van der Waals surface area contributed by atoms with Gasteiger partial charge in [0.2, 0.25) is 5.91 Å². The number of rotatable bonds is 7. The summed E-state index contributed by atoms with van der Waals surface area (Å²) in [5, 5.41) is 11.3. The summed E-state index contributed by atoms with van der Waals surface area (Å²) in [5.74, 6) is 0.538. The van der Waals surface area contributed by atoms with Gasteiger partial charge >= 0.3 is 0 Å². The maximum atomic E-state index is 12.7. The van der Waals surface area contributed by atoms with E-state index in [0.717, 1.165) is 17.5 Å². The number of fused-ring (bicyclic) bond motifs is 1. The van der Waals surface area contributed by atoms with Crippen molar-refractivity contribution in [2.75, 3.05) is 37.7 Å². The minimum Gasteiger partial charge on any atom is -0.383 e. The van der Waals surface area contributed by atoms with Gasteiger partial charge in [0, 0.05) is 43.0 Å². The Hall–Kier alpha value is -4.64. The highest BCUT2D eigenvalue weighted by atomic mass is 16.2. The molecular weight excluding hydrogens is 482 g/mol. The second kappa shape index (κ2) is 10.8. The van der Waals surface area contributed by atoms with Gasteiger partial charge in [-0.25, -0.2) is 19.6 Å². The highest BCUT2D eigenvalue weighted by molar-refractivity contribution is 6.04. The van der Waals surface area contributed by atoms with E-state index in [-0.39, 0.29) is 17.9 Å². The van der Waals surface area contributed by atoms with Gasteiger partial charge in [-0.1, -0.05) is 18.2 Å². The van der Waals surface area contributed by atoms with Crippen LogP contribution in [0.15, 0.2) is 61.1 Å². The molecule has 1 fully saturated rings. The third kappa shape index (κ3) is 5.09. The molecule has 11 heteroatoms. The molecule has 3 aromatic heterocycles. The number of pyridine rings is 1. The Morgan fingerprint density at radius 2 is 1.97 bits per heavy atom. The van der Waals surface area contributed by atoms with E-state index >= 15 is 0 Å². The van der Waals surface area contributed by atoms with Crippen molar-refractivity contribution in [1.29, 1.82) is 0 Å². The molecule has 5 rings (SSSR count). The number of aromatic nitrogens is 5. The summed E-state index contributed by atoms with van der Waals surface area (Å²) >= 11 is 0. The molecule has 0 aliphatic carbocycles. The first-order valence-electron chi connectivity index (χ1n) is 12.4. The number of nitrogens with one attached hydrogen (secondary N) is 2. The van der Waals surface area contributed by atoms with Crippen LogP contribution < -0.4 is 16.4 Å². The van der Waals surface area contributed by atoms with E-state index in [1.807, 2.05) is 53.9 Å². The second-order valence-corrected chi connectivity index (χ2v) is 9.19. The summed E-state index contributed by atoms with van der Waals surface area (Å²) in [6, 6.07) is 10.8. The van der Waals surface area contributed by atoms with Gasteiger partial charge in [0.05, 0.1) is 11.4 Å². The van der Waals surface area contributed by atoms with E-state index in [0.29, 0.717) is 53.6 Å². The number of anilines is 2. The molecule has 1 aromatic carbocycles. The van der Waals surface area contributed by atoms with Crippen LogP contribution in [0.25, 0.3) is 22.3 Å². The zero-order valence-corrected chi connectivity index (χ0v) is 21.3. The molecule has 2 amide bonds. The number of nitrogen functional groups attached to an aromatic ring is 1. The van der Waals surface area contributed by atoms with Crippen LogP contribution in [0.1, 0.15) is 28.4 Å². The number of hydrogen-bond acceptors (Lipinski definition) is 8. The lowest BCUT2D eigenvalue weighted by Crippen LogP contribution is -2.27. The fraction of sp³-hybridized carbons (Fsp3) is 0.259. The van der Waals surface area contributed by atoms with Crippen molar-refractivity contribution < 1.29 is 9.59 Å². The predicted molar refractivity (Wildman–Crippen MR) is 145 cm³/mol. The Morgan fingerprint density at radius 1 is 1.16 bits per heavy atom. The van der Waals surface area contributed by atoms with E-state index in [4.69, 9.17) is 10.8 Å². The van der Waals surface area contributed by atoms with E-state index in [9.17, 15) is 9.59 Å². The van der Waals surface area contributed by atoms with Gasteiger partial charge in [-0.3, -0.25) is 9.59 Å². The van der Waals surface area contributed by atoms with Crippen molar-refractivity contribution in [2.45, 2.75) is 19.4 Å². The number of nitrogens with two attached hydrogens (primary N) is 1. The van der Waals surface area contributed by atoms with Gasteiger partial charge in [-0.2, -0.15) is 5.10 Å². The number of hydrogen-bond donors (Lipinski definition) is 3. The van der Waals surface area contributed by atoms with Crippen molar-refractivity contribution in [3.8, 4) is 11.3 Å². The summed E-state index contributed by atoms with van der Waals surface area (Å²) in [6.45, 7) is 3.73. The van der Waals surface area contributed by atoms with Crippen molar-refractivity contribution in [1.82, 2.24) is 34.9 Å². The van der Waals surface area contributed by atoms with Crippen LogP contribution in [-0.4, -0.2) is 68.1 Å². The number of carbonyl (C=O) groups excluding carboxylic acids is 2. The van der Waals surface area contributed by atoms with Crippen molar-refractivity contribution >= 4 is 34.5 Å². The first-order chi connectivity index (χ1) is 18.4. The molecule has 1 atom stereocenters. The van der Waals surface area contributed by atoms with Crippen LogP contribution in [0.3, 0.4) is 0 Å². The smallest absolute Gasteiger partial charge is 0.256 e. The van der Waals surface area contributed by atoms with Crippen LogP contribution in [-0.2, 0) is 4.79 Å². The quantitative estimate of drug-likeness (QED) is 0.321. The summed E-state index contributed by atoms with van der Waals surface area (Å²) in [6.07, 6.45) is 7.23. The van der Waals surface area contributed by atoms with Gasteiger partial charge < -0.3 is 21.3 Å². The molecule has 0 unspecified atom stereocenters. The number of carbonyl (C=O) groups is 2. The average Bonchev–Trinajstić information content (AvgIpc) is 3.55. The van der Waals surface area contributed by atoms with Gasteiger partial charge in [0.25, 0.3) is 5.91 Å². The van der Waals surface area contributed by atoms with Gasteiger partial charge in [-0.15, -0.1) is 0 Å². The molecular formula is C27H29N9O2. The standard InChI is InChI=1S/C27H29N9O2/c1-17-9-12-30-21(14-17)33-27(38)19-7-5-18(6-8-19)24-23-25(28)31-16-32-26(23)36(34-24)20-10-13-35(15-20)22(37)4-3-11-29-2/h3-9,12,14,16,20,29H,10-11,13,15H2,1-2H3,(H2,28,31,32)(H,30,33,38)/b4-3+/t20-/m1/s1. The molecule has 1 aliphatic heterocycles. The summed E-state index contributed by atoms with van der Waals surface area (Å²) in [5.41, 5.74) is 9.79. The van der Waals surface area contributed by atoms with Crippen molar-refractivity contribution in [3.05, 3.63) is 72.2 Å². The minimum absolute atomic E-state index is 0.0247. The number of likely N-dealkylation sites (N-methyl/N-ethyl adjacent to an activating group) is 1. The fourth-order valence-corrected chi connectivity index (χ4v) is 4.55. The Kier molecular flexibility index (Phi) is 7.09. The van der Waals surface area contributed by atoms with Crippen LogP contribution in [0.5, 0.6) is 0 Å². The molecule has 4 aromatic rings. The maximum absolute atomic E-state index is 12.7. The lowest BCUT2D eigenvalue weighted by Gasteiger charge is -2.15. The van der Waals surface area contributed by atoms with Crippen LogP contribution in [0.2, 0.25) is 0 Å². The molecule has 0 radical (unpaired) electrons. The zero-order chi connectivity index (χ0) is 26.6. The zero-order valence-electron chi connectivity index (χ0n) is 21.3. The Labute approximate surface area is 219 Å². The van der Waals surface area contributed by atoms with E-state index in [1.165, 1.54) is 6.33 Å². The largest absolute Gasteiger partial charge is 0.383 e. The third-order valence-electron chi connectivity index (χ3n) is 6.50. The van der Waals surface area contributed by atoms with Crippen molar-refractivity contribution in [3.63, 3.8) is 0 Å². The average molecular weight is 512 g/mol. The highest BCUT2D eigenvalue weighted by Gasteiger charge is 2.30. The van der Waals surface area contributed by atoms with Gasteiger partial charge in [0.1, 0.15) is 23.7 Å². The minimum atomic E-state index is -0.257. The van der Waals surface area contributed by atoms with E-state index in [1.54, 1.807) is 24.4 Å². The number of amides is 2. The Bertz CT molecular complexity index is 1510. The Morgan fingerprint density at radius 3 is 2.74 bits per heavy atom. The monoisotopic (exact) mass is 511 g/mol. The molecule has 0 saturated carbocycles. The summed E-state index contributed by atoms with van der Waals surface area (Å²) < 4.78 is 1.84. The number of nitrogens with zero attached hydrogens (tertiary/aromatic N) is 6. The second-order valence-electron chi connectivity index (χ2n) is 9.19. The lowest BCUT2D eigenvalue weighted by atomic mass is 10.1. The molecule has 1 saturated heterocycles. The fourth-order valence-electron chi connectivity index (χ4n) is 4.55. The van der Waals surface area contributed by atoms with Gasteiger partial charge in [-0.05, 0) is 50.2 Å². The molecule has 0 spiro atoms. The molecule has 4 heterocycles.